The molecule has 1 fully saturated rings. The van der Waals surface area contributed by atoms with Gasteiger partial charge in [-0.15, -0.1) is 0 Å². The predicted molar refractivity (Wildman–Crippen MR) is 123 cm³/mol. The average molecular weight is 473 g/mol. The molecule has 7 nitrogen and oxygen atoms in total. The van der Waals surface area contributed by atoms with Crippen molar-refractivity contribution >= 4 is 17.0 Å². The van der Waals surface area contributed by atoms with E-state index in [4.69, 9.17) is 9.47 Å². The number of imidazole rings is 1. The highest BCUT2D eigenvalue weighted by molar-refractivity contribution is 5.78. The first-order valence-corrected chi connectivity index (χ1v) is 11.6. The first-order valence-electron chi connectivity index (χ1n) is 11.6. The third-order valence-corrected chi connectivity index (χ3v) is 5.77. The average Bonchev–Trinajstić information content (AvgIpc) is 3.13. The molecule has 0 bridgehead atoms. The minimum absolute atomic E-state index is 0.0638. The fourth-order valence-electron chi connectivity index (χ4n) is 4.38. The van der Waals surface area contributed by atoms with Crippen LogP contribution in [0.2, 0.25) is 0 Å². The first-order chi connectivity index (χ1) is 16.1. The van der Waals surface area contributed by atoms with E-state index >= 15 is 0 Å². The van der Waals surface area contributed by atoms with Crippen LogP contribution in [0.3, 0.4) is 0 Å². The molecule has 4 rings (SSSR count). The summed E-state index contributed by atoms with van der Waals surface area (Å²) in [6.45, 7) is 7.30. The van der Waals surface area contributed by atoms with Crippen molar-refractivity contribution in [1.82, 2.24) is 19.5 Å². The zero-order chi connectivity index (χ0) is 24.5. The Morgan fingerprint density at radius 2 is 1.82 bits per heavy atom. The lowest BCUT2D eigenvalue weighted by molar-refractivity contribution is -0.156. The van der Waals surface area contributed by atoms with E-state index in [2.05, 4.69) is 15.0 Å². The second-order valence-electron chi connectivity index (χ2n) is 9.76. The number of alkyl halides is 2. The maximum Gasteiger partial charge on any atom is 0.306 e. The zero-order valence-corrected chi connectivity index (χ0v) is 19.9. The molecule has 1 aliphatic rings. The lowest BCUT2D eigenvalue weighted by atomic mass is 9.85. The largest absolute Gasteiger partial charge is 0.474 e. The number of hydrogen-bond acceptors (Lipinski definition) is 6. The molecular weight excluding hydrogens is 442 g/mol. The molecule has 0 spiro atoms. The molecule has 1 aliphatic carbocycles. The molecule has 2 heterocycles. The molecule has 0 saturated heterocycles. The molecule has 0 radical (unpaired) electrons. The van der Waals surface area contributed by atoms with Gasteiger partial charge in [0.05, 0.1) is 11.0 Å². The molecule has 9 heteroatoms. The Morgan fingerprint density at radius 1 is 1.12 bits per heavy atom. The quantitative estimate of drug-likeness (QED) is 0.426. The molecule has 182 valence electrons. The van der Waals surface area contributed by atoms with Crippen LogP contribution in [0, 0.1) is 12.8 Å². The Bertz CT molecular complexity index is 1160. The van der Waals surface area contributed by atoms with Gasteiger partial charge in [0, 0.05) is 12.5 Å². The Kier molecular flexibility index (Phi) is 6.81. The van der Waals surface area contributed by atoms with Crippen LogP contribution in [0.1, 0.15) is 70.9 Å². The maximum absolute atomic E-state index is 13.8. The van der Waals surface area contributed by atoms with Gasteiger partial charge >= 0.3 is 5.97 Å². The van der Waals surface area contributed by atoms with Gasteiger partial charge in [-0.1, -0.05) is 12.1 Å². The number of carbonyl (C=O) groups excluding carboxylic acids is 1. The van der Waals surface area contributed by atoms with Crippen molar-refractivity contribution in [2.75, 3.05) is 0 Å². The van der Waals surface area contributed by atoms with Crippen LogP contribution in [0.15, 0.2) is 30.3 Å². The SMILES string of the molecule is Cc1nc(OC2CCC(CC(=O)OC(C)(C)C)CC2)cc(-n2c(C(F)F)nc3ccccc32)n1. The predicted octanol–water partition coefficient (Wildman–Crippen LogP) is 5.73. The van der Waals surface area contributed by atoms with Crippen LogP contribution in [-0.4, -0.2) is 37.2 Å². The number of esters is 1. The maximum atomic E-state index is 13.8. The van der Waals surface area contributed by atoms with Gasteiger partial charge in [-0.2, -0.15) is 4.98 Å². The van der Waals surface area contributed by atoms with Gasteiger partial charge in [0.25, 0.3) is 6.43 Å². The molecule has 0 amide bonds. The summed E-state index contributed by atoms with van der Waals surface area (Å²) in [7, 11) is 0. The number of aryl methyl sites for hydroxylation is 1. The van der Waals surface area contributed by atoms with Gasteiger partial charge in [-0.3, -0.25) is 9.36 Å². The van der Waals surface area contributed by atoms with Gasteiger partial charge < -0.3 is 9.47 Å². The molecule has 2 aromatic heterocycles. The minimum Gasteiger partial charge on any atom is -0.474 e. The first kappa shape index (κ1) is 24.0. The summed E-state index contributed by atoms with van der Waals surface area (Å²) < 4.78 is 40.4. The Hall–Kier alpha value is -3.10. The molecule has 0 aliphatic heterocycles. The van der Waals surface area contributed by atoms with Crippen molar-refractivity contribution in [3.05, 3.63) is 42.0 Å². The lowest BCUT2D eigenvalue weighted by Gasteiger charge is -2.29. The highest BCUT2D eigenvalue weighted by atomic mass is 19.3. The number of fused-ring (bicyclic) bond motifs is 1. The van der Waals surface area contributed by atoms with Crippen molar-refractivity contribution in [3.63, 3.8) is 0 Å². The zero-order valence-electron chi connectivity index (χ0n) is 19.9. The van der Waals surface area contributed by atoms with Crippen molar-refractivity contribution in [2.45, 2.75) is 77.9 Å². The van der Waals surface area contributed by atoms with Crippen molar-refractivity contribution < 1.29 is 23.0 Å². The smallest absolute Gasteiger partial charge is 0.306 e. The molecule has 34 heavy (non-hydrogen) atoms. The van der Waals surface area contributed by atoms with E-state index in [1.54, 1.807) is 37.3 Å². The van der Waals surface area contributed by atoms with Gasteiger partial charge in [-0.25, -0.2) is 18.7 Å². The monoisotopic (exact) mass is 472 g/mol. The van der Waals surface area contributed by atoms with E-state index in [1.807, 2.05) is 20.8 Å². The summed E-state index contributed by atoms with van der Waals surface area (Å²) in [4.78, 5) is 25.0. The highest BCUT2D eigenvalue weighted by Crippen LogP contribution is 2.32. The molecule has 1 saturated carbocycles. The number of hydrogen-bond donors (Lipinski definition) is 0. The van der Waals surface area contributed by atoms with E-state index < -0.39 is 12.0 Å². The fourth-order valence-corrected chi connectivity index (χ4v) is 4.38. The molecule has 3 aromatic rings. The number of halogens is 2. The van der Waals surface area contributed by atoms with Gasteiger partial charge in [0.15, 0.2) is 5.82 Å². The fraction of sp³-hybridized carbons (Fsp3) is 0.520. The van der Waals surface area contributed by atoms with Crippen molar-refractivity contribution in [2.24, 2.45) is 5.92 Å². The van der Waals surface area contributed by atoms with E-state index in [-0.39, 0.29) is 23.8 Å². The molecule has 0 atom stereocenters. The topological polar surface area (TPSA) is 79.1 Å². The normalized spacial score (nSPS) is 18.9. The molecule has 1 aromatic carbocycles. The number of rotatable bonds is 6. The number of aromatic nitrogens is 4. The number of benzene rings is 1. The molecular formula is C25H30F2N4O3. The Balaban J connectivity index is 1.47. The Morgan fingerprint density at radius 3 is 2.50 bits per heavy atom. The number of nitrogens with zero attached hydrogens (tertiary/aromatic N) is 4. The van der Waals surface area contributed by atoms with E-state index in [1.165, 1.54) is 4.57 Å². The van der Waals surface area contributed by atoms with Crippen LogP contribution in [-0.2, 0) is 9.53 Å². The van der Waals surface area contributed by atoms with Crippen molar-refractivity contribution in [3.8, 4) is 11.7 Å². The lowest BCUT2D eigenvalue weighted by Crippen LogP contribution is -2.29. The third-order valence-electron chi connectivity index (χ3n) is 5.77. The molecule has 0 N–H and O–H groups in total. The van der Waals surface area contributed by atoms with Crippen LogP contribution in [0.25, 0.3) is 16.9 Å². The summed E-state index contributed by atoms with van der Waals surface area (Å²) in [5, 5.41) is 0. The second kappa shape index (κ2) is 9.64. The summed E-state index contributed by atoms with van der Waals surface area (Å²) in [5.41, 5.74) is 0.536. The third kappa shape index (κ3) is 5.69. The number of ether oxygens (including phenoxy) is 2. The van der Waals surface area contributed by atoms with Gasteiger partial charge in [-0.05, 0) is 71.4 Å². The van der Waals surface area contributed by atoms with Gasteiger partial charge in [0.1, 0.15) is 23.3 Å². The Labute approximate surface area is 197 Å². The second-order valence-corrected chi connectivity index (χ2v) is 9.76. The number of carbonyl (C=O) groups is 1. The summed E-state index contributed by atoms with van der Waals surface area (Å²) in [6, 6.07) is 8.54. The van der Waals surface area contributed by atoms with Gasteiger partial charge in [0.2, 0.25) is 5.88 Å². The van der Waals surface area contributed by atoms with Crippen LogP contribution in [0.5, 0.6) is 5.88 Å². The summed E-state index contributed by atoms with van der Waals surface area (Å²) in [5.74, 6) is 0.789. The summed E-state index contributed by atoms with van der Waals surface area (Å²) in [6.07, 6.45) is 0.846. The molecule has 0 unspecified atom stereocenters. The van der Waals surface area contributed by atoms with Crippen LogP contribution < -0.4 is 4.74 Å². The highest BCUT2D eigenvalue weighted by Gasteiger charge is 2.27. The summed E-state index contributed by atoms with van der Waals surface area (Å²) >= 11 is 0. The minimum atomic E-state index is -2.76. The number of para-hydroxylation sites is 2. The van der Waals surface area contributed by atoms with Crippen LogP contribution in [0.4, 0.5) is 8.78 Å². The van der Waals surface area contributed by atoms with Crippen LogP contribution >= 0.6 is 0 Å². The van der Waals surface area contributed by atoms with E-state index in [9.17, 15) is 13.6 Å². The van der Waals surface area contributed by atoms with E-state index in [0.29, 0.717) is 35.0 Å². The standard InChI is InChI=1S/C25H30F2N4O3/c1-15-28-20(31-19-8-6-5-7-18(19)30-24(31)23(26)27)14-21(29-15)33-17-11-9-16(10-12-17)13-22(32)34-25(2,3)4/h5-8,14,16-17,23H,9-13H2,1-4H3. The van der Waals surface area contributed by atoms with E-state index in [0.717, 1.165) is 25.7 Å². The van der Waals surface area contributed by atoms with Crippen molar-refractivity contribution in [1.29, 1.82) is 0 Å².